The highest BCUT2D eigenvalue weighted by molar-refractivity contribution is 7.92. The van der Waals surface area contributed by atoms with Gasteiger partial charge >= 0.3 is 0 Å². The van der Waals surface area contributed by atoms with Crippen LogP contribution in [-0.2, 0) is 10.0 Å². The average Bonchev–Trinajstić information content (AvgIpc) is 2.57. The molecule has 4 nitrogen and oxygen atoms in total. The van der Waals surface area contributed by atoms with Crippen molar-refractivity contribution in [1.82, 2.24) is 0 Å². The Labute approximate surface area is 157 Å². The van der Waals surface area contributed by atoms with Crippen LogP contribution >= 0.6 is 0 Å². The number of benzene rings is 2. The molecule has 0 heterocycles. The molecule has 0 spiro atoms. The summed E-state index contributed by atoms with van der Waals surface area (Å²) in [7, 11) is -3.26. The molecule has 0 radical (unpaired) electrons. The molecule has 1 aliphatic carbocycles. The van der Waals surface area contributed by atoms with Crippen molar-refractivity contribution in [1.29, 1.82) is 0 Å². The van der Waals surface area contributed by atoms with Crippen molar-refractivity contribution in [2.75, 3.05) is 16.3 Å². The van der Waals surface area contributed by atoms with E-state index in [1.807, 2.05) is 25.1 Å². The largest absolute Gasteiger partial charge is 0.382 e. The maximum absolute atomic E-state index is 11.4. The monoisotopic (exact) mass is 372 g/mol. The standard InChI is InChI=1S/C21H28N2O2S/c1-15-11-18(17-7-5-4-6-8-17)14-20(12-15)22-19-9-10-21(16(2)13-19)23-26(3,24)25/h4-10,13,15,18,20,22-23H,11-12,14H2,1-3H3. The molecule has 3 rings (SSSR count). The zero-order valence-electron chi connectivity index (χ0n) is 15.7. The number of sulfonamides is 1. The minimum atomic E-state index is -3.26. The van der Waals surface area contributed by atoms with Crippen LogP contribution < -0.4 is 10.0 Å². The Hall–Kier alpha value is -2.01. The number of aryl methyl sites for hydroxylation is 1. The normalized spacial score (nSPS) is 23.4. The number of hydrogen-bond acceptors (Lipinski definition) is 3. The van der Waals surface area contributed by atoms with Gasteiger partial charge in [0, 0.05) is 11.7 Å². The first-order valence-corrected chi connectivity index (χ1v) is 11.1. The van der Waals surface area contributed by atoms with E-state index in [2.05, 4.69) is 47.3 Å². The molecule has 0 amide bonds. The van der Waals surface area contributed by atoms with Gasteiger partial charge < -0.3 is 5.32 Å². The minimum absolute atomic E-state index is 0.428. The highest BCUT2D eigenvalue weighted by Crippen LogP contribution is 2.37. The van der Waals surface area contributed by atoms with Gasteiger partial charge in [0.05, 0.1) is 11.9 Å². The van der Waals surface area contributed by atoms with Crippen LogP contribution in [0.3, 0.4) is 0 Å². The molecule has 26 heavy (non-hydrogen) atoms. The maximum Gasteiger partial charge on any atom is 0.229 e. The Morgan fingerprint density at radius 3 is 2.38 bits per heavy atom. The summed E-state index contributed by atoms with van der Waals surface area (Å²) in [6, 6.07) is 17.0. The molecule has 1 fully saturated rings. The molecular formula is C21H28N2O2S. The number of nitrogens with one attached hydrogen (secondary N) is 2. The van der Waals surface area contributed by atoms with Crippen LogP contribution in [-0.4, -0.2) is 20.7 Å². The molecule has 2 N–H and O–H groups in total. The molecule has 2 aromatic rings. The molecule has 0 saturated heterocycles. The summed E-state index contributed by atoms with van der Waals surface area (Å²) in [6.07, 6.45) is 4.69. The zero-order chi connectivity index (χ0) is 18.7. The summed E-state index contributed by atoms with van der Waals surface area (Å²) < 4.78 is 25.4. The molecule has 0 aliphatic heterocycles. The Kier molecular flexibility index (Phi) is 5.56. The van der Waals surface area contributed by atoms with E-state index in [4.69, 9.17) is 0 Å². The smallest absolute Gasteiger partial charge is 0.229 e. The van der Waals surface area contributed by atoms with Crippen molar-refractivity contribution < 1.29 is 8.42 Å². The van der Waals surface area contributed by atoms with Crippen molar-refractivity contribution in [3.8, 4) is 0 Å². The molecule has 1 aliphatic rings. The first-order chi connectivity index (χ1) is 12.3. The van der Waals surface area contributed by atoms with Crippen LogP contribution in [0.4, 0.5) is 11.4 Å². The summed E-state index contributed by atoms with van der Waals surface area (Å²) in [6.45, 7) is 4.25. The van der Waals surface area contributed by atoms with Gasteiger partial charge in [0.15, 0.2) is 0 Å². The van der Waals surface area contributed by atoms with Gasteiger partial charge in [0.1, 0.15) is 0 Å². The lowest BCUT2D eigenvalue weighted by atomic mass is 9.76. The van der Waals surface area contributed by atoms with Gasteiger partial charge in [-0.1, -0.05) is 37.3 Å². The average molecular weight is 373 g/mol. The minimum Gasteiger partial charge on any atom is -0.382 e. The van der Waals surface area contributed by atoms with E-state index in [0.29, 0.717) is 23.6 Å². The molecular weight excluding hydrogens is 344 g/mol. The molecule has 2 aromatic carbocycles. The lowest BCUT2D eigenvalue weighted by molar-refractivity contribution is 0.321. The summed E-state index contributed by atoms with van der Waals surface area (Å²) >= 11 is 0. The van der Waals surface area contributed by atoms with Gasteiger partial charge in [-0.3, -0.25) is 4.72 Å². The zero-order valence-corrected chi connectivity index (χ0v) is 16.5. The van der Waals surface area contributed by atoms with Crippen LogP contribution in [0.1, 0.15) is 43.2 Å². The summed E-state index contributed by atoms with van der Waals surface area (Å²) in [5.41, 5.74) is 4.03. The summed E-state index contributed by atoms with van der Waals surface area (Å²) in [5, 5.41) is 3.66. The highest BCUT2D eigenvalue weighted by Gasteiger charge is 2.27. The van der Waals surface area contributed by atoms with Crippen LogP contribution in [0.15, 0.2) is 48.5 Å². The lowest BCUT2D eigenvalue weighted by Crippen LogP contribution is -2.30. The first kappa shape index (κ1) is 18.8. The fourth-order valence-corrected chi connectivity index (χ4v) is 4.65. The molecule has 1 saturated carbocycles. The number of rotatable bonds is 5. The van der Waals surface area contributed by atoms with Crippen molar-refractivity contribution in [3.63, 3.8) is 0 Å². The Morgan fingerprint density at radius 1 is 1.00 bits per heavy atom. The van der Waals surface area contributed by atoms with Crippen LogP contribution in [0, 0.1) is 12.8 Å². The SMILES string of the molecule is Cc1cc(NC2CC(C)CC(c3ccccc3)C2)ccc1NS(C)(=O)=O. The fraction of sp³-hybridized carbons (Fsp3) is 0.429. The van der Waals surface area contributed by atoms with E-state index in [1.165, 1.54) is 18.2 Å². The summed E-state index contributed by atoms with van der Waals surface area (Å²) in [5.74, 6) is 1.27. The maximum atomic E-state index is 11.4. The molecule has 140 valence electrons. The van der Waals surface area contributed by atoms with E-state index in [1.54, 1.807) is 0 Å². The second-order valence-electron chi connectivity index (χ2n) is 7.67. The molecule has 3 unspecified atom stereocenters. The summed E-state index contributed by atoms with van der Waals surface area (Å²) in [4.78, 5) is 0. The van der Waals surface area contributed by atoms with E-state index in [9.17, 15) is 8.42 Å². The van der Waals surface area contributed by atoms with Crippen LogP contribution in [0.2, 0.25) is 0 Å². The second kappa shape index (κ2) is 7.70. The topological polar surface area (TPSA) is 58.2 Å². The quantitative estimate of drug-likeness (QED) is 0.796. The van der Waals surface area contributed by atoms with E-state index in [0.717, 1.165) is 24.1 Å². The van der Waals surface area contributed by atoms with Crippen molar-refractivity contribution in [2.24, 2.45) is 5.92 Å². The molecule has 0 bridgehead atoms. The van der Waals surface area contributed by atoms with Gasteiger partial charge in [-0.25, -0.2) is 8.42 Å². The Balaban J connectivity index is 1.71. The predicted octanol–water partition coefficient (Wildman–Crippen LogP) is 4.75. The Bertz CT molecular complexity index is 850. The number of hydrogen-bond donors (Lipinski definition) is 2. The third-order valence-corrected chi connectivity index (χ3v) is 5.70. The third-order valence-electron chi connectivity index (χ3n) is 5.11. The van der Waals surface area contributed by atoms with Gasteiger partial charge in [-0.15, -0.1) is 0 Å². The highest BCUT2D eigenvalue weighted by atomic mass is 32.2. The molecule has 5 heteroatoms. The third kappa shape index (κ3) is 5.01. The van der Waals surface area contributed by atoms with Gasteiger partial charge in [0.2, 0.25) is 10.0 Å². The van der Waals surface area contributed by atoms with Gasteiger partial charge in [-0.2, -0.15) is 0 Å². The van der Waals surface area contributed by atoms with Crippen molar-refractivity contribution in [2.45, 2.75) is 45.1 Å². The van der Waals surface area contributed by atoms with E-state index >= 15 is 0 Å². The molecule has 0 aromatic heterocycles. The first-order valence-electron chi connectivity index (χ1n) is 9.20. The predicted molar refractivity (Wildman–Crippen MR) is 109 cm³/mol. The van der Waals surface area contributed by atoms with Crippen LogP contribution in [0.25, 0.3) is 0 Å². The van der Waals surface area contributed by atoms with Crippen molar-refractivity contribution >= 4 is 21.4 Å². The second-order valence-corrected chi connectivity index (χ2v) is 9.41. The Morgan fingerprint density at radius 2 is 1.73 bits per heavy atom. The van der Waals surface area contributed by atoms with Crippen LogP contribution in [0.5, 0.6) is 0 Å². The van der Waals surface area contributed by atoms with E-state index in [-0.39, 0.29) is 0 Å². The molecule has 3 atom stereocenters. The number of anilines is 2. The lowest BCUT2D eigenvalue weighted by Gasteiger charge is -2.34. The van der Waals surface area contributed by atoms with Gasteiger partial charge in [-0.05, 0) is 67.3 Å². The van der Waals surface area contributed by atoms with Crippen molar-refractivity contribution in [3.05, 3.63) is 59.7 Å². The van der Waals surface area contributed by atoms with E-state index < -0.39 is 10.0 Å². The van der Waals surface area contributed by atoms with Gasteiger partial charge in [0.25, 0.3) is 0 Å². The fourth-order valence-electron chi connectivity index (χ4n) is 4.02.